The van der Waals surface area contributed by atoms with E-state index >= 15 is 0 Å². The zero-order chi connectivity index (χ0) is 9.47. The zero-order valence-corrected chi connectivity index (χ0v) is 7.41. The lowest BCUT2D eigenvalue weighted by Gasteiger charge is -2.18. The van der Waals surface area contributed by atoms with Crippen molar-refractivity contribution in [3.63, 3.8) is 0 Å². The van der Waals surface area contributed by atoms with Gasteiger partial charge >= 0.3 is 5.97 Å². The number of hydrogen-bond acceptors (Lipinski definition) is 2. The molecule has 2 nitrogen and oxygen atoms in total. The first-order chi connectivity index (χ1) is 6.17. The van der Waals surface area contributed by atoms with Gasteiger partial charge in [-0.3, -0.25) is 0 Å². The van der Waals surface area contributed by atoms with E-state index in [1.54, 1.807) is 12.1 Å². The van der Waals surface area contributed by atoms with Crippen LogP contribution in [0.3, 0.4) is 0 Å². The molecule has 0 fully saturated rings. The van der Waals surface area contributed by atoms with Crippen LogP contribution in [0.1, 0.15) is 22.8 Å². The van der Waals surface area contributed by atoms with Crippen molar-refractivity contribution in [2.45, 2.75) is 12.5 Å². The third-order valence-corrected chi connectivity index (χ3v) is 2.38. The van der Waals surface area contributed by atoms with Gasteiger partial charge in [0.05, 0.1) is 5.56 Å². The van der Waals surface area contributed by atoms with Gasteiger partial charge in [0.25, 0.3) is 0 Å². The minimum atomic E-state index is -0.645. The van der Waals surface area contributed by atoms with Gasteiger partial charge in [0.2, 0.25) is 0 Å². The summed E-state index contributed by atoms with van der Waals surface area (Å²) >= 11 is 0. The molecule has 1 aliphatic rings. The second kappa shape index (κ2) is 2.46. The summed E-state index contributed by atoms with van der Waals surface area (Å²) in [5, 5.41) is 0. The van der Waals surface area contributed by atoms with Crippen molar-refractivity contribution in [2.75, 3.05) is 0 Å². The highest BCUT2D eigenvalue weighted by molar-refractivity contribution is 5.95. The van der Waals surface area contributed by atoms with E-state index in [-0.39, 0.29) is 5.97 Å². The van der Waals surface area contributed by atoms with Gasteiger partial charge in [-0.05, 0) is 19.1 Å². The average Bonchev–Trinajstić information content (AvgIpc) is 2.42. The quantitative estimate of drug-likeness (QED) is 0.482. The van der Waals surface area contributed by atoms with Gasteiger partial charge in [0.15, 0.2) is 5.60 Å². The van der Waals surface area contributed by atoms with Gasteiger partial charge in [0, 0.05) is 5.56 Å². The molecule has 0 aromatic heterocycles. The molecule has 2 rings (SSSR count). The van der Waals surface area contributed by atoms with Crippen LogP contribution in [0.15, 0.2) is 36.9 Å². The largest absolute Gasteiger partial charge is 0.447 e. The van der Waals surface area contributed by atoms with Crippen molar-refractivity contribution in [3.05, 3.63) is 48.0 Å². The Morgan fingerprint density at radius 2 is 2.15 bits per heavy atom. The van der Waals surface area contributed by atoms with Crippen LogP contribution < -0.4 is 0 Å². The monoisotopic (exact) mass is 174 g/mol. The molecule has 1 heterocycles. The van der Waals surface area contributed by atoms with Crippen molar-refractivity contribution in [1.82, 2.24) is 0 Å². The highest BCUT2D eigenvalue weighted by atomic mass is 16.6. The summed E-state index contributed by atoms with van der Waals surface area (Å²) in [5.41, 5.74) is 0.896. The number of carbonyl (C=O) groups excluding carboxylic acids is 1. The first-order valence-electron chi connectivity index (χ1n) is 4.14. The zero-order valence-electron chi connectivity index (χ0n) is 7.41. The fourth-order valence-corrected chi connectivity index (χ4v) is 1.55. The van der Waals surface area contributed by atoms with E-state index in [0.717, 1.165) is 5.56 Å². The molecule has 0 radical (unpaired) electrons. The fraction of sp³-hybridized carbons (Fsp3) is 0.182. The number of benzene rings is 1. The summed E-state index contributed by atoms with van der Waals surface area (Å²) in [6.07, 6.45) is 1.65. The first-order valence-corrected chi connectivity index (χ1v) is 4.14. The van der Waals surface area contributed by atoms with E-state index < -0.39 is 5.60 Å². The van der Waals surface area contributed by atoms with Crippen molar-refractivity contribution in [3.8, 4) is 0 Å². The summed E-state index contributed by atoms with van der Waals surface area (Å²) in [6, 6.07) is 7.38. The molecule has 0 saturated heterocycles. The summed E-state index contributed by atoms with van der Waals surface area (Å²) in [4.78, 5) is 11.4. The molecule has 13 heavy (non-hydrogen) atoms. The number of hydrogen-bond donors (Lipinski definition) is 0. The molecule has 0 amide bonds. The van der Waals surface area contributed by atoms with Gasteiger partial charge in [-0.25, -0.2) is 4.79 Å². The molecular formula is C11H10O2. The van der Waals surface area contributed by atoms with Gasteiger partial charge in [0.1, 0.15) is 0 Å². The Morgan fingerprint density at radius 1 is 1.46 bits per heavy atom. The minimum Gasteiger partial charge on any atom is -0.447 e. The molecule has 1 aliphatic heterocycles. The molecule has 0 spiro atoms. The van der Waals surface area contributed by atoms with Crippen LogP contribution in [0.25, 0.3) is 0 Å². The standard InChI is InChI=1S/C11H10O2/c1-3-11(2)9-7-5-4-6-8(9)10(12)13-11/h3-7H,1H2,2H3. The lowest BCUT2D eigenvalue weighted by Crippen LogP contribution is -2.17. The molecule has 0 aliphatic carbocycles. The summed E-state index contributed by atoms with van der Waals surface area (Å²) in [6.45, 7) is 5.51. The Hall–Kier alpha value is -1.57. The maximum atomic E-state index is 11.4. The number of cyclic esters (lactones) is 1. The Morgan fingerprint density at radius 3 is 2.85 bits per heavy atom. The van der Waals surface area contributed by atoms with Crippen LogP contribution in [0, 0.1) is 0 Å². The summed E-state index contributed by atoms with van der Waals surface area (Å²) in [7, 11) is 0. The van der Waals surface area contributed by atoms with Gasteiger partial charge in [-0.1, -0.05) is 24.8 Å². The van der Waals surface area contributed by atoms with E-state index in [1.807, 2.05) is 25.1 Å². The molecule has 1 unspecified atom stereocenters. The van der Waals surface area contributed by atoms with Crippen LogP contribution >= 0.6 is 0 Å². The van der Waals surface area contributed by atoms with E-state index in [0.29, 0.717) is 5.56 Å². The van der Waals surface area contributed by atoms with Gasteiger partial charge < -0.3 is 4.74 Å². The van der Waals surface area contributed by atoms with Crippen molar-refractivity contribution in [2.24, 2.45) is 0 Å². The Balaban J connectivity index is 2.66. The van der Waals surface area contributed by atoms with Crippen LogP contribution in [0.2, 0.25) is 0 Å². The van der Waals surface area contributed by atoms with Gasteiger partial charge in [-0.2, -0.15) is 0 Å². The molecular weight excluding hydrogens is 164 g/mol. The molecule has 0 saturated carbocycles. The molecule has 1 aromatic rings. The van der Waals surface area contributed by atoms with Crippen molar-refractivity contribution < 1.29 is 9.53 Å². The maximum Gasteiger partial charge on any atom is 0.339 e. The van der Waals surface area contributed by atoms with Crippen molar-refractivity contribution >= 4 is 5.97 Å². The molecule has 0 bridgehead atoms. The van der Waals surface area contributed by atoms with E-state index in [4.69, 9.17) is 4.74 Å². The molecule has 66 valence electrons. The van der Waals surface area contributed by atoms with Gasteiger partial charge in [-0.15, -0.1) is 0 Å². The second-order valence-electron chi connectivity index (χ2n) is 3.25. The van der Waals surface area contributed by atoms with E-state index in [2.05, 4.69) is 6.58 Å². The topological polar surface area (TPSA) is 26.3 Å². The highest BCUT2D eigenvalue weighted by Gasteiger charge is 2.38. The summed E-state index contributed by atoms with van der Waals surface area (Å²) in [5.74, 6) is -0.266. The second-order valence-corrected chi connectivity index (χ2v) is 3.25. The fourth-order valence-electron chi connectivity index (χ4n) is 1.55. The van der Waals surface area contributed by atoms with Crippen LogP contribution in [0.5, 0.6) is 0 Å². The average molecular weight is 174 g/mol. The van der Waals surface area contributed by atoms with E-state index in [1.165, 1.54) is 0 Å². The lowest BCUT2D eigenvalue weighted by atomic mass is 9.94. The number of fused-ring (bicyclic) bond motifs is 1. The SMILES string of the molecule is C=CC1(C)OC(=O)c2ccccc21. The Kier molecular flexibility index (Phi) is 1.52. The number of carbonyl (C=O) groups is 1. The number of rotatable bonds is 1. The number of ether oxygens (including phenoxy) is 1. The first kappa shape index (κ1) is 8.05. The Labute approximate surface area is 76.8 Å². The van der Waals surface area contributed by atoms with Crippen molar-refractivity contribution in [1.29, 1.82) is 0 Å². The highest BCUT2D eigenvalue weighted by Crippen LogP contribution is 2.36. The molecule has 1 atom stereocenters. The molecule has 1 aromatic carbocycles. The third kappa shape index (κ3) is 0.985. The smallest absolute Gasteiger partial charge is 0.339 e. The third-order valence-electron chi connectivity index (χ3n) is 2.38. The predicted octanol–water partition coefficient (Wildman–Crippen LogP) is 2.26. The Bertz CT molecular complexity index is 381. The van der Waals surface area contributed by atoms with Crippen LogP contribution in [0.4, 0.5) is 0 Å². The summed E-state index contributed by atoms with van der Waals surface area (Å²) < 4.78 is 5.21. The van der Waals surface area contributed by atoms with Crippen LogP contribution in [-0.2, 0) is 10.3 Å². The molecule has 0 N–H and O–H groups in total. The lowest BCUT2D eigenvalue weighted by molar-refractivity contribution is 0.0209. The predicted molar refractivity (Wildman–Crippen MR) is 49.4 cm³/mol. The van der Waals surface area contributed by atoms with Crippen LogP contribution in [-0.4, -0.2) is 5.97 Å². The maximum absolute atomic E-state index is 11.4. The van der Waals surface area contributed by atoms with E-state index in [9.17, 15) is 4.79 Å². The molecule has 2 heteroatoms. The normalized spacial score (nSPS) is 25.2. The number of esters is 1. The minimum absolute atomic E-state index is 0.266.